The molecule has 5 heteroatoms. The summed E-state index contributed by atoms with van der Waals surface area (Å²) in [6.07, 6.45) is 2.18. The van der Waals surface area contributed by atoms with E-state index in [0.717, 1.165) is 36.8 Å². The Labute approximate surface area is 136 Å². The average Bonchev–Trinajstić information content (AvgIpc) is 2.98. The molecule has 122 valence electrons. The summed E-state index contributed by atoms with van der Waals surface area (Å²) in [5.74, 6) is 0.125. The van der Waals surface area contributed by atoms with Crippen LogP contribution in [0.4, 0.5) is 0 Å². The zero-order chi connectivity index (χ0) is 16.4. The van der Waals surface area contributed by atoms with Crippen LogP contribution in [0, 0.1) is 6.92 Å². The molecule has 1 aliphatic heterocycles. The summed E-state index contributed by atoms with van der Waals surface area (Å²) in [4.78, 5) is 29.1. The van der Waals surface area contributed by atoms with E-state index in [2.05, 4.69) is 16.4 Å². The molecule has 1 saturated heterocycles. The standard InChI is InChI=1S/C18H23N3O2/c1-3-17(22)21-8-6-14(7-9-21)19-18(23)16-11-13-10-12(2)4-5-15(13)20-16/h4-5,10-11,14,20H,3,6-9H2,1-2H3,(H,19,23). The fourth-order valence-electron chi connectivity index (χ4n) is 3.13. The molecular weight excluding hydrogens is 290 g/mol. The van der Waals surface area contributed by atoms with Gasteiger partial charge >= 0.3 is 0 Å². The number of hydrogen-bond acceptors (Lipinski definition) is 2. The average molecular weight is 313 g/mol. The van der Waals surface area contributed by atoms with E-state index in [0.29, 0.717) is 12.1 Å². The number of benzene rings is 1. The highest BCUT2D eigenvalue weighted by Gasteiger charge is 2.23. The quantitative estimate of drug-likeness (QED) is 0.915. The molecule has 0 radical (unpaired) electrons. The van der Waals surface area contributed by atoms with Crippen LogP contribution in [0.2, 0.25) is 0 Å². The van der Waals surface area contributed by atoms with Crippen LogP contribution in [0.3, 0.4) is 0 Å². The monoisotopic (exact) mass is 313 g/mol. The zero-order valence-electron chi connectivity index (χ0n) is 13.7. The maximum absolute atomic E-state index is 12.4. The number of H-pyrrole nitrogens is 1. The van der Waals surface area contributed by atoms with Gasteiger partial charge in [0.1, 0.15) is 5.69 Å². The number of rotatable bonds is 3. The minimum Gasteiger partial charge on any atom is -0.351 e. The number of nitrogens with zero attached hydrogens (tertiary/aromatic N) is 1. The van der Waals surface area contributed by atoms with Crippen LogP contribution in [0.15, 0.2) is 24.3 Å². The van der Waals surface area contributed by atoms with Crippen LogP contribution in [-0.4, -0.2) is 40.8 Å². The van der Waals surface area contributed by atoms with Gasteiger partial charge in [-0.15, -0.1) is 0 Å². The molecule has 2 amide bonds. The number of likely N-dealkylation sites (tertiary alicyclic amines) is 1. The number of carbonyl (C=O) groups excluding carboxylic acids is 2. The molecule has 5 nitrogen and oxygen atoms in total. The molecule has 1 aromatic heterocycles. The Morgan fingerprint density at radius 3 is 2.70 bits per heavy atom. The van der Waals surface area contributed by atoms with Crippen LogP contribution in [0.5, 0.6) is 0 Å². The number of carbonyl (C=O) groups is 2. The maximum atomic E-state index is 12.4. The topological polar surface area (TPSA) is 65.2 Å². The maximum Gasteiger partial charge on any atom is 0.267 e. The van der Waals surface area contributed by atoms with E-state index in [1.54, 1.807) is 0 Å². The van der Waals surface area contributed by atoms with Crippen LogP contribution >= 0.6 is 0 Å². The first-order valence-corrected chi connectivity index (χ1v) is 8.25. The Hall–Kier alpha value is -2.30. The number of piperidine rings is 1. The fraction of sp³-hybridized carbons (Fsp3) is 0.444. The first-order chi connectivity index (χ1) is 11.1. The minimum atomic E-state index is -0.0703. The molecule has 1 aromatic carbocycles. The summed E-state index contributed by atoms with van der Waals surface area (Å²) in [6.45, 7) is 5.37. The van der Waals surface area contributed by atoms with Gasteiger partial charge in [0, 0.05) is 36.5 Å². The van der Waals surface area contributed by atoms with Gasteiger partial charge in [-0.3, -0.25) is 9.59 Å². The van der Waals surface area contributed by atoms with Gasteiger partial charge in [-0.1, -0.05) is 18.6 Å². The number of nitrogens with one attached hydrogen (secondary N) is 2. The van der Waals surface area contributed by atoms with Gasteiger partial charge in [-0.25, -0.2) is 0 Å². The van der Waals surface area contributed by atoms with Gasteiger partial charge in [-0.05, 0) is 38.0 Å². The third-order valence-electron chi connectivity index (χ3n) is 4.51. The second-order valence-electron chi connectivity index (χ2n) is 6.26. The van der Waals surface area contributed by atoms with Crippen LogP contribution in [-0.2, 0) is 4.79 Å². The van der Waals surface area contributed by atoms with Crippen molar-refractivity contribution < 1.29 is 9.59 Å². The third kappa shape index (κ3) is 3.38. The molecule has 0 saturated carbocycles. The number of aromatic amines is 1. The predicted molar refractivity (Wildman–Crippen MR) is 90.4 cm³/mol. The lowest BCUT2D eigenvalue weighted by atomic mass is 10.0. The molecule has 23 heavy (non-hydrogen) atoms. The van der Waals surface area contributed by atoms with Crippen molar-refractivity contribution in [3.05, 3.63) is 35.5 Å². The molecule has 0 atom stereocenters. The van der Waals surface area contributed by atoms with Crippen molar-refractivity contribution >= 4 is 22.7 Å². The van der Waals surface area contributed by atoms with Crippen molar-refractivity contribution in [2.24, 2.45) is 0 Å². The summed E-state index contributed by atoms with van der Waals surface area (Å²) in [7, 11) is 0. The normalized spacial score (nSPS) is 15.8. The van der Waals surface area contributed by atoms with Crippen molar-refractivity contribution in [3.63, 3.8) is 0 Å². The number of hydrogen-bond donors (Lipinski definition) is 2. The van der Waals surface area contributed by atoms with Gasteiger partial charge in [0.15, 0.2) is 0 Å². The van der Waals surface area contributed by atoms with Crippen molar-refractivity contribution in [1.82, 2.24) is 15.2 Å². The molecule has 0 unspecified atom stereocenters. The summed E-state index contributed by atoms with van der Waals surface area (Å²) in [5.41, 5.74) is 2.75. The van der Waals surface area contributed by atoms with Crippen LogP contribution < -0.4 is 5.32 Å². The van der Waals surface area contributed by atoms with Gasteiger partial charge in [0.05, 0.1) is 0 Å². The first kappa shape index (κ1) is 15.6. The van der Waals surface area contributed by atoms with Gasteiger partial charge in [0.25, 0.3) is 5.91 Å². The lowest BCUT2D eigenvalue weighted by Crippen LogP contribution is -2.46. The van der Waals surface area contributed by atoms with E-state index in [1.165, 1.54) is 5.56 Å². The number of fused-ring (bicyclic) bond motifs is 1. The molecule has 2 heterocycles. The highest BCUT2D eigenvalue weighted by atomic mass is 16.2. The zero-order valence-corrected chi connectivity index (χ0v) is 13.7. The Morgan fingerprint density at radius 1 is 1.26 bits per heavy atom. The Bertz CT molecular complexity index is 727. The Kier molecular flexibility index (Phi) is 4.37. The van der Waals surface area contributed by atoms with E-state index in [4.69, 9.17) is 0 Å². The summed E-state index contributed by atoms with van der Waals surface area (Å²) in [5, 5.41) is 4.13. The van der Waals surface area contributed by atoms with E-state index < -0.39 is 0 Å². The minimum absolute atomic E-state index is 0.0703. The second kappa shape index (κ2) is 6.44. The van der Waals surface area contributed by atoms with E-state index >= 15 is 0 Å². The molecular formula is C18H23N3O2. The summed E-state index contributed by atoms with van der Waals surface area (Å²) in [6, 6.07) is 8.12. The SMILES string of the molecule is CCC(=O)N1CCC(NC(=O)c2cc3cc(C)ccc3[nH]2)CC1. The summed E-state index contributed by atoms with van der Waals surface area (Å²) >= 11 is 0. The molecule has 2 aromatic rings. The van der Waals surface area contributed by atoms with Crippen LogP contribution in [0.1, 0.15) is 42.2 Å². The number of aromatic nitrogens is 1. The van der Waals surface area contributed by atoms with E-state index in [9.17, 15) is 9.59 Å². The first-order valence-electron chi connectivity index (χ1n) is 8.25. The molecule has 0 bridgehead atoms. The van der Waals surface area contributed by atoms with Crippen molar-refractivity contribution in [1.29, 1.82) is 0 Å². The highest BCUT2D eigenvalue weighted by molar-refractivity contribution is 5.98. The largest absolute Gasteiger partial charge is 0.351 e. The number of amides is 2. The van der Waals surface area contributed by atoms with E-state index in [1.807, 2.05) is 36.9 Å². The molecule has 1 aliphatic rings. The van der Waals surface area contributed by atoms with Gasteiger partial charge < -0.3 is 15.2 Å². The highest BCUT2D eigenvalue weighted by Crippen LogP contribution is 2.18. The molecule has 0 spiro atoms. The lowest BCUT2D eigenvalue weighted by molar-refractivity contribution is -0.131. The van der Waals surface area contributed by atoms with Crippen molar-refractivity contribution in [3.8, 4) is 0 Å². The molecule has 1 fully saturated rings. The van der Waals surface area contributed by atoms with Gasteiger partial charge in [-0.2, -0.15) is 0 Å². The Balaban J connectivity index is 1.62. The van der Waals surface area contributed by atoms with E-state index in [-0.39, 0.29) is 17.9 Å². The van der Waals surface area contributed by atoms with Crippen molar-refractivity contribution in [2.75, 3.05) is 13.1 Å². The summed E-state index contributed by atoms with van der Waals surface area (Å²) < 4.78 is 0. The van der Waals surface area contributed by atoms with Crippen LogP contribution in [0.25, 0.3) is 10.9 Å². The smallest absolute Gasteiger partial charge is 0.267 e. The second-order valence-corrected chi connectivity index (χ2v) is 6.26. The number of aryl methyl sites for hydroxylation is 1. The molecule has 3 rings (SSSR count). The molecule has 0 aliphatic carbocycles. The Morgan fingerprint density at radius 2 is 2.00 bits per heavy atom. The molecule has 2 N–H and O–H groups in total. The third-order valence-corrected chi connectivity index (χ3v) is 4.51. The fourth-order valence-corrected chi connectivity index (χ4v) is 3.13. The van der Waals surface area contributed by atoms with Gasteiger partial charge in [0.2, 0.25) is 5.91 Å². The predicted octanol–water partition coefficient (Wildman–Crippen LogP) is 2.61. The lowest BCUT2D eigenvalue weighted by Gasteiger charge is -2.32. The van der Waals surface area contributed by atoms with Crippen molar-refractivity contribution in [2.45, 2.75) is 39.2 Å².